The molecule has 104 valence electrons. The van der Waals surface area contributed by atoms with E-state index in [0.29, 0.717) is 17.1 Å². The van der Waals surface area contributed by atoms with Crippen LogP contribution in [-0.4, -0.2) is 26.7 Å². The van der Waals surface area contributed by atoms with Gasteiger partial charge in [0, 0.05) is 5.56 Å². The number of fused-ring (bicyclic) bond motifs is 1. The molecule has 0 saturated carbocycles. The molecule has 0 unspecified atom stereocenters. The lowest BCUT2D eigenvalue weighted by atomic mass is 10.1. The fourth-order valence-electron chi connectivity index (χ4n) is 1.84. The predicted octanol–water partition coefficient (Wildman–Crippen LogP) is 2.13. The van der Waals surface area contributed by atoms with Gasteiger partial charge in [-0.15, -0.1) is 11.3 Å². The van der Waals surface area contributed by atoms with Crippen LogP contribution < -0.4 is 9.47 Å². The maximum Gasteiger partial charge on any atom is 0.231 e. The van der Waals surface area contributed by atoms with Crippen LogP contribution in [0.15, 0.2) is 39.9 Å². The van der Waals surface area contributed by atoms with E-state index in [2.05, 4.69) is 0 Å². The molecule has 1 aliphatic rings. The number of hydrogen-bond donors (Lipinski definition) is 0. The molecular weight excluding hydrogens is 300 g/mol. The van der Waals surface area contributed by atoms with Crippen LogP contribution in [-0.2, 0) is 9.84 Å². The van der Waals surface area contributed by atoms with Crippen molar-refractivity contribution in [1.29, 1.82) is 0 Å². The average molecular weight is 310 g/mol. The van der Waals surface area contributed by atoms with E-state index >= 15 is 0 Å². The van der Waals surface area contributed by atoms with E-state index < -0.39 is 21.4 Å². The number of rotatable bonds is 4. The second-order valence-electron chi connectivity index (χ2n) is 4.18. The van der Waals surface area contributed by atoms with Gasteiger partial charge in [-0.25, -0.2) is 8.42 Å². The summed E-state index contributed by atoms with van der Waals surface area (Å²) in [6.45, 7) is 0.112. The van der Waals surface area contributed by atoms with E-state index in [4.69, 9.17) is 9.47 Å². The van der Waals surface area contributed by atoms with E-state index in [1.54, 1.807) is 23.6 Å². The average Bonchev–Trinajstić information content (AvgIpc) is 3.09. The molecule has 0 amide bonds. The van der Waals surface area contributed by atoms with Gasteiger partial charge in [-0.05, 0) is 29.6 Å². The number of hydrogen-bond acceptors (Lipinski definition) is 6. The minimum Gasteiger partial charge on any atom is -0.454 e. The highest BCUT2D eigenvalue weighted by Gasteiger charge is 2.23. The fraction of sp³-hybridized carbons (Fsp3) is 0.154. The Kier molecular flexibility index (Phi) is 3.23. The van der Waals surface area contributed by atoms with Crippen molar-refractivity contribution >= 4 is 27.0 Å². The standard InChI is InChI=1S/C13H10O5S2/c14-10(7-20(15,16)13-2-1-5-19-13)9-3-4-11-12(6-9)18-8-17-11/h1-6H,7-8H2. The first-order valence-corrected chi connectivity index (χ1v) is 8.28. The number of carbonyl (C=O) groups excluding carboxylic acids is 1. The van der Waals surface area contributed by atoms with Gasteiger partial charge in [0.1, 0.15) is 9.96 Å². The lowest BCUT2D eigenvalue weighted by Gasteiger charge is -2.03. The Balaban J connectivity index is 1.83. The largest absolute Gasteiger partial charge is 0.454 e. The number of carbonyl (C=O) groups is 1. The Bertz CT molecular complexity index is 747. The van der Waals surface area contributed by atoms with Crippen molar-refractivity contribution < 1.29 is 22.7 Å². The quantitative estimate of drug-likeness (QED) is 0.809. The van der Waals surface area contributed by atoms with E-state index in [1.165, 1.54) is 12.1 Å². The molecule has 0 aliphatic carbocycles. The van der Waals surface area contributed by atoms with Crippen molar-refractivity contribution in [1.82, 2.24) is 0 Å². The molecular formula is C13H10O5S2. The molecule has 0 fully saturated rings. The zero-order valence-corrected chi connectivity index (χ0v) is 11.9. The number of thiophene rings is 1. The van der Waals surface area contributed by atoms with Crippen molar-refractivity contribution in [2.45, 2.75) is 4.21 Å². The molecule has 20 heavy (non-hydrogen) atoms. The van der Waals surface area contributed by atoms with Crippen molar-refractivity contribution in [3.8, 4) is 11.5 Å². The van der Waals surface area contributed by atoms with Gasteiger partial charge in [-0.1, -0.05) is 6.07 Å². The first kappa shape index (κ1) is 13.1. The molecule has 2 heterocycles. The molecule has 7 heteroatoms. The first-order valence-electron chi connectivity index (χ1n) is 5.75. The second kappa shape index (κ2) is 4.92. The van der Waals surface area contributed by atoms with Crippen LogP contribution in [0.5, 0.6) is 11.5 Å². The van der Waals surface area contributed by atoms with Gasteiger partial charge in [0.05, 0.1) is 0 Å². The zero-order chi connectivity index (χ0) is 14.2. The Labute approximate surface area is 119 Å². The van der Waals surface area contributed by atoms with E-state index in [0.717, 1.165) is 11.3 Å². The second-order valence-corrected chi connectivity index (χ2v) is 7.35. The summed E-state index contributed by atoms with van der Waals surface area (Å²) in [7, 11) is -3.58. The van der Waals surface area contributed by atoms with Gasteiger partial charge < -0.3 is 9.47 Å². The van der Waals surface area contributed by atoms with Crippen LogP contribution >= 0.6 is 11.3 Å². The third-order valence-corrected chi connectivity index (χ3v) is 5.92. The Morgan fingerprint density at radius 2 is 2.00 bits per heavy atom. The number of ketones is 1. The maximum absolute atomic E-state index is 12.1. The van der Waals surface area contributed by atoms with Crippen molar-refractivity contribution in [3.05, 3.63) is 41.3 Å². The minimum atomic E-state index is -3.58. The Morgan fingerprint density at radius 1 is 1.20 bits per heavy atom. The molecule has 1 aromatic heterocycles. The monoisotopic (exact) mass is 310 g/mol. The summed E-state index contributed by atoms with van der Waals surface area (Å²) in [6.07, 6.45) is 0. The summed E-state index contributed by atoms with van der Waals surface area (Å²) < 4.78 is 34.6. The summed E-state index contributed by atoms with van der Waals surface area (Å²) in [5.74, 6) is 0.0106. The molecule has 0 radical (unpaired) electrons. The minimum absolute atomic E-state index is 0.112. The molecule has 0 saturated heterocycles. The fourth-order valence-corrected chi connectivity index (χ4v) is 4.16. The molecule has 1 aromatic carbocycles. The van der Waals surface area contributed by atoms with Gasteiger partial charge in [0.15, 0.2) is 27.1 Å². The molecule has 0 bridgehead atoms. The van der Waals surface area contributed by atoms with Crippen molar-refractivity contribution in [3.63, 3.8) is 0 Å². The van der Waals surface area contributed by atoms with Crippen LogP contribution in [0.3, 0.4) is 0 Å². The molecule has 0 atom stereocenters. The van der Waals surface area contributed by atoms with Gasteiger partial charge in [-0.2, -0.15) is 0 Å². The topological polar surface area (TPSA) is 69.7 Å². The zero-order valence-electron chi connectivity index (χ0n) is 10.2. The van der Waals surface area contributed by atoms with E-state index in [-0.39, 0.29) is 11.0 Å². The third kappa shape index (κ3) is 2.41. The summed E-state index contributed by atoms with van der Waals surface area (Å²) >= 11 is 1.10. The number of benzene rings is 1. The highest BCUT2D eigenvalue weighted by atomic mass is 32.2. The first-order chi connectivity index (χ1) is 9.56. The molecule has 2 aromatic rings. The maximum atomic E-state index is 12.1. The number of Topliss-reactive ketones (excluding diaryl/α,β-unsaturated/α-hetero) is 1. The van der Waals surface area contributed by atoms with Crippen LogP contribution in [0, 0.1) is 0 Å². The molecule has 0 N–H and O–H groups in total. The van der Waals surface area contributed by atoms with Gasteiger partial charge in [0.25, 0.3) is 0 Å². The molecule has 3 rings (SSSR count). The third-order valence-electron chi connectivity index (χ3n) is 2.82. The predicted molar refractivity (Wildman–Crippen MR) is 73.3 cm³/mol. The van der Waals surface area contributed by atoms with Crippen molar-refractivity contribution in [2.75, 3.05) is 12.5 Å². The van der Waals surface area contributed by atoms with Gasteiger partial charge >= 0.3 is 0 Å². The van der Waals surface area contributed by atoms with Gasteiger partial charge in [-0.3, -0.25) is 4.79 Å². The SMILES string of the molecule is O=C(CS(=O)(=O)c1cccs1)c1ccc2c(c1)OCO2. The van der Waals surface area contributed by atoms with Crippen LogP contribution in [0.1, 0.15) is 10.4 Å². The highest BCUT2D eigenvalue weighted by Crippen LogP contribution is 2.32. The lowest BCUT2D eigenvalue weighted by Crippen LogP contribution is -2.15. The van der Waals surface area contributed by atoms with Crippen LogP contribution in [0.2, 0.25) is 0 Å². The summed E-state index contributed by atoms with van der Waals surface area (Å²) in [4.78, 5) is 12.1. The molecule has 0 spiro atoms. The number of ether oxygens (including phenoxy) is 2. The molecule has 5 nitrogen and oxygen atoms in total. The summed E-state index contributed by atoms with van der Waals surface area (Å²) in [5.41, 5.74) is 0.300. The van der Waals surface area contributed by atoms with Gasteiger partial charge in [0.2, 0.25) is 6.79 Å². The van der Waals surface area contributed by atoms with E-state index in [1.807, 2.05) is 0 Å². The van der Waals surface area contributed by atoms with Crippen LogP contribution in [0.25, 0.3) is 0 Å². The van der Waals surface area contributed by atoms with Crippen molar-refractivity contribution in [2.24, 2.45) is 0 Å². The number of sulfone groups is 1. The smallest absolute Gasteiger partial charge is 0.231 e. The molecule has 1 aliphatic heterocycles. The normalized spacial score (nSPS) is 13.4. The Hall–Kier alpha value is -1.86. The highest BCUT2D eigenvalue weighted by molar-refractivity contribution is 7.94. The summed E-state index contributed by atoms with van der Waals surface area (Å²) in [5, 5.41) is 1.66. The van der Waals surface area contributed by atoms with E-state index in [9.17, 15) is 13.2 Å². The lowest BCUT2D eigenvalue weighted by molar-refractivity contribution is 0.102. The Morgan fingerprint density at radius 3 is 2.75 bits per heavy atom. The summed E-state index contributed by atoms with van der Waals surface area (Å²) in [6, 6.07) is 7.79. The van der Waals surface area contributed by atoms with Crippen LogP contribution in [0.4, 0.5) is 0 Å².